The summed E-state index contributed by atoms with van der Waals surface area (Å²) in [5.74, 6) is -0.561. The molecule has 0 saturated heterocycles. The van der Waals surface area contributed by atoms with E-state index in [1.165, 1.54) is 12.1 Å². The first-order chi connectivity index (χ1) is 10.5. The third kappa shape index (κ3) is 2.66. The van der Waals surface area contributed by atoms with Gasteiger partial charge in [0.15, 0.2) is 11.3 Å². The first kappa shape index (κ1) is 14.2. The van der Waals surface area contributed by atoms with Crippen LogP contribution in [0.25, 0.3) is 11.0 Å². The molecule has 2 aromatic carbocycles. The third-order valence-corrected chi connectivity index (χ3v) is 3.34. The molecular formula is C16H11ClN2O3. The van der Waals surface area contributed by atoms with Crippen LogP contribution in [0.2, 0.25) is 5.02 Å². The number of phenolic OH excluding ortho intramolecular Hbond substituents is 1. The van der Waals surface area contributed by atoms with Crippen LogP contribution >= 0.6 is 11.6 Å². The Kier molecular flexibility index (Phi) is 3.56. The van der Waals surface area contributed by atoms with Crippen molar-refractivity contribution in [1.29, 1.82) is 5.41 Å². The molecule has 0 spiro atoms. The van der Waals surface area contributed by atoms with Crippen molar-refractivity contribution in [2.24, 2.45) is 0 Å². The van der Waals surface area contributed by atoms with E-state index in [-0.39, 0.29) is 22.5 Å². The quantitative estimate of drug-likeness (QED) is 0.676. The van der Waals surface area contributed by atoms with Gasteiger partial charge < -0.3 is 14.8 Å². The van der Waals surface area contributed by atoms with Gasteiger partial charge in [-0.2, -0.15) is 0 Å². The molecule has 0 unspecified atom stereocenters. The molecule has 0 aliphatic carbocycles. The number of hydrogen-bond acceptors (Lipinski definition) is 4. The largest absolute Gasteiger partial charge is 0.504 e. The second-order valence-corrected chi connectivity index (χ2v) is 5.09. The molecule has 1 heterocycles. The van der Waals surface area contributed by atoms with Gasteiger partial charge in [-0.1, -0.05) is 29.8 Å². The molecule has 3 N–H and O–H groups in total. The Labute approximate surface area is 130 Å². The maximum atomic E-state index is 12.3. The van der Waals surface area contributed by atoms with Crippen molar-refractivity contribution < 1.29 is 14.3 Å². The number of para-hydroxylation sites is 1. The Morgan fingerprint density at radius 3 is 2.73 bits per heavy atom. The predicted octanol–water partition coefficient (Wildman–Crippen LogP) is 3.52. The molecule has 0 aliphatic heterocycles. The van der Waals surface area contributed by atoms with Gasteiger partial charge in [-0.3, -0.25) is 10.2 Å². The number of benzene rings is 2. The number of aromatic hydroxyl groups is 1. The summed E-state index contributed by atoms with van der Waals surface area (Å²) in [4.78, 5) is 12.3. The van der Waals surface area contributed by atoms with Gasteiger partial charge in [0.1, 0.15) is 5.56 Å². The molecule has 0 aliphatic rings. The van der Waals surface area contributed by atoms with Crippen molar-refractivity contribution in [3.8, 4) is 5.75 Å². The normalized spacial score (nSPS) is 10.6. The second-order valence-electron chi connectivity index (χ2n) is 4.65. The van der Waals surface area contributed by atoms with Crippen molar-refractivity contribution in [3.05, 3.63) is 64.7 Å². The monoisotopic (exact) mass is 314 g/mol. The maximum absolute atomic E-state index is 12.3. The van der Waals surface area contributed by atoms with Crippen molar-refractivity contribution in [2.45, 2.75) is 0 Å². The molecule has 3 rings (SSSR count). The molecule has 0 fully saturated rings. The molecule has 22 heavy (non-hydrogen) atoms. The topological polar surface area (TPSA) is 86.3 Å². The minimum absolute atomic E-state index is 0.0677. The second kappa shape index (κ2) is 5.54. The third-order valence-electron chi connectivity index (χ3n) is 3.10. The number of anilines is 1. The van der Waals surface area contributed by atoms with Crippen molar-refractivity contribution in [1.82, 2.24) is 0 Å². The van der Waals surface area contributed by atoms with E-state index in [4.69, 9.17) is 21.4 Å². The van der Waals surface area contributed by atoms with E-state index in [0.29, 0.717) is 16.1 Å². The summed E-state index contributed by atoms with van der Waals surface area (Å²) < 4.78 is 5.24. The molecule has 6 heteroatoms. The number of carbonyl (C=O) groups excluding carboxylic acids is 1. The van der Waals surface area contributed by atoms with E-state index in [9.17, 15) is 9.90 Å². The number of halogens is 1. The average molecular weight is 315 g/mol. The number of carbonyl (C=O) groups is 1. The Bertz CT molecular complexity index is 934. The number of hydrogen-bond donors (Lipinski definition) is 3. The van der Waals surface area contributed by atoms with Crippen molar-refractivity contribution in [3.63, 3.8) is 0 Å². The number of nitrogens with one attached hydrogen (secondary N) is 2. The maximum Gasteiger partial charge on any atom is 0.261 e. The first-order valence-corrected chi connectivity index (χ1v) is 6.80. The molecule has 1 aromatic heterocycles. The van der Waals surface area contributed by atoms with Crippen LogP contribution in [0.15, 0.2) is 52.9 Å². The lowest BCUT2D eigenvalue weighted by Crippen LogP contribution is -2.20. The fraction of sp³-hybridized carbons (Fsp3) is 0. The Balaban J connectivity index is 2.01. The molecule has 110 valence electrons. The number of amides is 1. The molecule has 0 saturated carbocycles. The SMILES string of the molecule is N=c1oc2c(O)cccc2cc1C(=O)Nc1cccc(Cl)c1. The minimum atomic E-state index is -0.485. The van der Waals surface area contributed by atoms with Gasteiger partial charge in [0.2, 0.25) is 5.55 Å². The van der Waals surface area contributed by atoms with E-state index in [0.717, 1.165) is 0 Å². The van der Waals surface area contributed by atoms with Crippen LogP contribution in [-0.2, 0) is 0 Å². The van der Waals surface area contributed by atoms with Gasteiger partial charge >= 0.3 is 0 Å². The summed E-state index contributed by atoms with van der Waals surface area (Å²) in [6, 6.07) is 13.0. The van der Waals surface area contributed by atoms with Crippen LogP contribution in [0, 0.1) is 5.41 Å². The summed E-state index contributed by atoms with van der Waals surface area (Å²) in [6.07, 6.45) is 0. The molecule has 0 bridgehead atoms. The van der Waals surface area contributed by atoms with Crippen molar-refractivity contribution >= 4 is 34.2 Å². The van der Waals surface area contributed by atoms with Crippen LogP contribution in [0.1, 0.15) is 10.4 Å². The van der Waals surface area contributed by atoms with Gasteiger partial charge in [-0.15, -0.1) is 0 Å². The lowest BCUT2D eigenvalue weighted by Gasteiger charge is -2.07. The van der Waals surface area contributed by atoms with Crippen molar-refractivity contribution in [2.75, 3.05) is 5.32 Å². The Hall–Kier alpha value is -2.79. The van der Waals surface area contributed by atoms with Crippen LogP contribution in [0.5, 0.6) is 5.75 Å². The summed E-state index contributed by atoms with van der Waals surface area (Å²) in [5, 5.41) is 21.2. The zero-order chi connectivity index (χ0) is 15.7. The van der Waals surface area contributed by atoms with E-state index < -0.39 is 5.91 Å². The zero-order valence-electron chi connectivity index (χ0n) is 11.3. The average Bonchev–Trinajstić information content (AvgIpc) is 2.47. The van der Waals surface area contributed by atoms with Crippen LogP contribution in [-0.4, -0.2) is 11.0 Å². The van der Waals surface area contributed by atoms with Gasteiger partial charge in [-0.05, 0) is 30.3 Å². The molecule has 0 radical (unpaired) electrons. The fourth-order valence-corrected chi connectivity index (χ4v) is 2.27. The number of fused-ring (bicyclic) bond motifs is 1. The van der Waals surface area contributed by atoms with Gasteiger partial charge in [-0.25, -0.2) is 0 Å². The molecule has 1 amide bonds. The van der Waals surface area contributed by atoms with Gasteiger partial charge in [0, 0.05) is 16.1 Å². The Morgan fingerprint density at radius 2 is 1.95 bits per heavy atom. The van der Waals surface area contributed by atoms with Crippen LogP contribution in [0.4, 0.5) is 5.69 Å². The number of rotatable bonds is 2. The fourth-order valence-electron chi connectivity index (χ4n) is 2.08. The molecule has 3 aromatic rings. The summed E-state index contributed by atoms with van der Waals surface area (Å²) in [7, 11) is 0. The van der Waals surface area contributed by atoms with E-state index in [1.54, 1.807) is 36.4 Å². The van der Waals surface area contributed by atoms with E-state index in [1.807, 2.05) is 0 Å². The van der Waals surface area contributed by atoms with Gasteiger partial charge in [0.25, 0.3) is 5.91 Å². The smallest absolute Gasteiger partial charge is 0.261 e. The van der Waals surface area contributed by atoms with Gasteiger partial charge in [0.05, 0.1) is 0 Å². The highest BCUT2D eigenvalue weighted by Gasteiger charge is 2.13. The number of phenols is 1. The molecule has 5 nitrogen and oxygen atoms in total. The highest BCUT2D eigenvalue weighted by molar-refractivity contribution is 6.31. The highest BCUT2D eigenvalue weighted by Crippen LogP contribution is 2.23. The summed E-state index contributed by atoms with van der Waals surface area (Å²) in [5.41, 5.74) is 0.436. The van der Waals surface area contributed by atoms with E-state index >= 15 is 0 Å². The molecule has 0 atom stereocenters. The lowest BCUT2D eigenvalue weighted by molar-refractivity contribution is 0.102. The summed E-state index contributed by atoms with van der Waals surface area (Å²) >= 11 is 5.87. The molecular weight excluding hydrogens is 304 g/mol. The first-order valence-electron chi connectivity index (χ1n) is 6.42. The van der Waals surface area contributed by atoms with Crippen LogP contribution < -0.4 is 10.9 Å². The van der Waals surface area contributed by atoms with E-state index in [2.05, 4.69) is 5.32 Å². The predicted molar refractivity (Wildman–Crippen MR) is 83.1 cm³/mol. The highest BCUT2D eigenvalue weighted by atomic mass is 35.5. The summed E-state index contributed by atoms with van der Waals surface area (Å²) in [6.45, 7) is 0. The minimum Gasteiger partial charge on any atom is -0.504 e. The standard InChI is InChI=1S/C16H11ClN2O3/c17-10-4-2-5-11(8-10)19-16(21)12-7-9-3-1-6-13(20)14(9)22-15(12)18/h1-8,18,20H,(H,19,21). The Morgan fingerprint density at radius 1 is 1.18 bits per heavy atom. The lowest BCUT2D eigenvalue weighted by atomic mass is 10.1. The van der Waals surface area contributed by atoms with Crippen LogP contribution in [0.3, 0.4) is 0 Å². The zero-order valence-corrected chi connectivity index (χ0v) is 12.0.